The lowest BCUT2D eigenvalue weighted by Gasteiger charge is -2.43. The van der Waals surface area contributed by atoms with Crippen LogP contribution in [0, 0.1) is 5.92 Å². The van der Waals surface area contributed by atoms with E-state index in [4.69, 9.17) is 9.47 Å². The molecule has 0 spiro atoms. The standard InChI is InChI=1S/C16H19F3O3/c1-3-14(20)15(11-6-8-12(21-2)9-7-11)13(16(17,18)19)5-4-10-22-15/h6-9,13H,3-5,10H2,1-2H3/t13-,15+/m0/s1. The van der Waals surface area contributed by atoms with Crippen molar-refractivity contribution in [1.82, 2.24) is 0 Å². The Morgan fingerprint density at radius 3 is 2.50 bits per heavy atom. The molecule has 2 atom stereocenters. The number of hydrogen-bond acceptors (Lipinski definition) is 3. The van der Waals surface area contributed by atoms with Crippen molar-refractivity contribution in [3.8, 4) is 5.75 Å². The van der Waals surface area contributed by atoms with Gasteiger partial charge in [-0.3, -0.25) is 4.79 Å². The summed E-state index contributed by atoms with van der Waals surface area (Å²) < 4.78 is 51.1. The van der Waals surface area contributed by atoms with E-state index in [9.17, 15) is 18.0 Å². The van der Waals surface area contributed by atoms with Gasteiger partial charge >= 0.3 is 6.18 Å². The zero-order chi connectivity index (χ0) is 16.4. The monoisotopic (exact) mass is 316 g/mol. The minimum absolute atomic E-state index is 0.0153. The molecule has 1 saturated heterocycles. The van der Waals surface area contributed by atoms with Crippen LogP contribution in [0.5, 0.6) is 5.75 Å². The first-order valence-corrected chi connectivity index (χ1v) is 7.24. The van der Waals surface area contributed by atoms with E-state index >= 15 is 0 Å². The summed E-state index contributed by atoms with van der Waals surface area (Å²) in [5.41, 5.74) is -1.71. The molecule has 1 heterocycles. The van der Waals surface area contributed by atoms with Crippen LogP contribution in [-0.4, -0.2) is 25.7 Å². The maximum atomic E-state index is 13.5. The molecule has 2 rings (SSSR count). The van der Waals surface area contributed by atoms with Gasteiger partial charge in [-0.05, 0) is 30.5 Å². The van der Waals surface area contributed by atoms with Gasteiger partial charge in [-0.25, -0.2) is 0 Å². The Balaban J connectivity index is 2.56. The first-order chi connectivity index (χ1) is 10.4. The van der Waals surface area contributed by atoms with E-state index in [0.29, 0.717) is 12.2 Å². The molecule has 6 heteroatoms. The van der Waals surface area contributed by atoms with Crippen LogP contribution in [0.3, 0.4) is 0 Å². The zero-order valence-electron chi connectivity index (χ0n) is 12.6. The minimum Gasteiger partial charge on any atom is -0.497 e. The number of Topliss-reactive ketones (excluding diaryl/α,β-unsaturated/α-hetero) is 1. The highest BCUT2D eigenvalue weighted by molar-refractivity contribution is 5.89. The summed E-state index contributed by atoms with van der Waals surface area (Å²) in [5, 5.41) is 0. The van der Waals surface area contributed by atoms with Crippen LogP contribution in [0.2, 0.25) is 0 Å². The third-order valence-electron chi connectivity index (χ3n) is 4.11. The highest BCUT2D eigenvalue weighted by atomic mass is 19.4. The number of carbonyl (C=O) groups excluding carboxylic acids is 1. The van der Waals surface area contributed by atoms with Gasteiger partial charge < -0.3 is 9.47 Å². The summed E-state index contributed by atoms with van der Waals surface area (Å²) in [6.07, 6.45) is -4.33. The Labute approximate surface area is 127 Å². The largest absolute Gasteiger partial charge is 0.497 e. The molecule has 1 aromatic rings. The highest BCUT2D eigenvalue weighted by Gasteiger charge is 2.59. The van der Waals surface area contributed by atoms with Crippen molar-refractivity contribution in [3.05, 3.63) is 29.8 Å². The predicted octanol–water partition coefficient (Wildman–Crippen LogP) is 3.86. The van der Waals surface area contributed by atoms with E-state index in [-0.39, 0.29) is 25.0 Å². The average molecular weight is 316 g/mol. The van der Waals surface area contributed by atoms with Crippen LogP contribution < -0.4 is 4.74 Å². The number of benzene rings is 1. The molecular formula is C16H19F3O3. The second-order valence-electron chi connectivity index (χ2n) is 5.33. The zero-order valence-corrected chi connectivity index (χ0v) is 12.6. The van der Waals surface area contributed by atoms with E-state index in [2.05, 4.69) is 0 Å². The molecule has 3 nitrogen and oxygen atoms in total. The van der Waals surface area contributed by atoms with Crippen LogP contribution in [0.1, 0.15) is 31.7 Å². The Bertz CT molecular complexity index is 524. The topological polar surface area (TPSA) is 35.5 Å². The molecule has 0 aliphatic carbocycles. The van der Waals surface area contributed by atoms with Crippen molar-refractivity contribution in [2.75, 3.05) is 13.7 Å². The molecule has 0 N–H and O–H groups in total. The molecule has 0 unspecified atom stereocenters. The molecule has 0 bridgehead atoms. The lowest BCUT2D eigenvalue weighted by molar-refractivity contribution is -0.254. The summed E-state index contributed by atoms with van der Waals surface area (Å²) in [6.45, 7) is 1.70. The molecule has 122 valence electrons. The number of carbonyl (C=O) groups is 1. The van der Waals surface area contributed by atoms with Crippen molar-refractivity contribution in [2.45, 2.75) is 38.0 Å². The van der Waals surface area contributed by atoms with Gasteiger partial charge in [0.15, 0.2) is 11.4 Å². The van der Waals surface area contributed by atoms with Crippen LogP contribution in [0.25, 0.3) is 0 Å². The predicted molar refractivity (Wildman–Crippen MR) is 74.7 cm³/mol. The third kappa shape index (κ3) is 2.84. The molecule has 1 aromatic carbocycles. The molecule has 0 aromatic heterocycles. The Hall–Kier alpha value is -1.56. The van der Waals surface area contributed by atoms with Gasteiger partial charge in [-0.1, -0.05) is 19.1 Å². The number of halogens is 3. The highest BCUT2D eigenvalue weighted by Crippen LogP contribution is 2.49. The van der Waals surface area contributed by atoms with Crippen LogP contribution in [0.15, 0.2) is 24.3 Å². The van der Waals surface area contributed by atoms with Gasteiger partial charge in [0, 0.05) is 13.0 Å². The molecule has 0 amide bonds. The van der Waals surface area contributed by atoms with Crippen molar-refractivity contribution in [3.63, 3.8) is 0 Å². The molecule has 1 aliphatic heterocycles. The van der Waals surface area contributed by atoms with Crippen molar-refractivity contribution in [1.29, 1.82) is 0 Å². The first-order valence-electron chi connectivity index (χ1n) is 7.24. The second kappa shape index (κ2) is 6.28. The van der Waals surface area contributed by atoms with Gasteiger partial charge in [-0.15, -0.1) is 0 Å². The summed E-state index contributed by atoms with van der Waals surface area (Å²) in [7, 11) is 1.47. The number of methoxy groups -OCH3 is 1. The van der Waals surface area contributed by atoms with Gasteiger partial charge in [0.05, 0.1) is 13.0 Å². The molecule has 1 aliphatic rings. The third-order valence-corrected chi connectivity index (χ3v) is 4.11. The van der Waals surface area contributed by atoms with Crippen molar-refractivity contribution < 1.29 is 27.4 Å². The number of rotatable bonds is 4. The maximum absolute atomic E-state index is 13.5. The quantitative estimate of drug-likeness (QED) is 0.846. The second-order valence-corrected chi connectivity index (χ2v) is 5.33. The number of ether oxygens (including phenoxy) is 2. The van der Waals surface area contributed by atoms with Crippen molar-refractivity contribution >= 4 is 5.78 Å². The smallest absolute Gasteiger partial charge is 0.395 e. The first kappa shape index (κ1) is 16.8. The average Bonchev–Trinajstić information content (AvgIpc) is 2.53. The van der Waals surface area contributed by atoms with Gasteiger partial charge in [0.25, 0.3) is 0 Å². The van der Waals surface area contributed by atoms with E-state index in [1.165, 1.54) is 19.2 Å². The molecule has 0 saturated carbocycles. The Kier molecular flexibility index (Phi) is 4.80. The van der Waals surface area contributed by atoms with E-state index in [0.717, 1.165) is 0 Å². The number of hydrogen-bond donors (Lipinski definition) is 0. The lowest BCUT2D eigenvalue weighted by atomic mass is 9.73. The Morgan fingerprint density at radius 2 is 2.00 bits per heavy atom. The molecular weight excluding hydrogens is 297 g/mol. The summed E-state index contributed by atoms with van der Waals surface area (Å²) in [6, 6.07) is 6.06. The van der Waals surface area contributed by atoms with Gasteiger partial charge in [0.2, 0.25) is 0 Å². The number of alkyl halides is 3. The normalized spacial score (nSPS) is 25.8. The summed E-state index contributed by atoms with van der Waals surface area (Å²) in [4.78, 5) is 12.4. The molecule has 22 heavy (non-hydrogen) atoms. The maximum Gasteiger partial charge on any atom is 0.395 e. The Morgan fingerprint density at radius 1 is 1.36 bits per heavy atom. The minimum atomic E-state index is -4.49. The fraction of sp³-hybridized carbons (Fsp3) is 0.562. The lowest BCUT2D eigenvalue weighted by Crippen LogP contribution is -2.53. The fourth-order valence-corrected chi connectivity index (χ4v) is 3.04. The van der Waals surface area contributed by atoms with E-state index < -0.39 is 23.5 Å². The van der Waals surface area contributed by atoms with Gasteiger partial charge in [0.1, 0.15) is 5.75 Å². The summed E-state index contributed by atoms with van der Waals surface area (Å²) in [5.74, 6) is -1.85. The van der Waals surface area contributed by atoms with Crippen LogP contribution in [-0.2, 0) is 15.1 Å². The van der Waals surface area contributed by atoms with Crippen LogP contribution in [0.4, 0.5) is 13.2 Å². The van der Waals surface area contributed by atoms with E-state index in [1.807, 2.05) is 0 Å². The van der Waals surface area contributed by atoms with E-state index in [1.54, 1.807) is 19.1 Å². The molecule has 0 radical (unpaired) electrons. The fourth-order valence-electron chi connectivity index (χ4n) is 3.04. The molecule has 1 fully saturated rings. The van der Waals surface area contributed by atoms with Crippen LogP contribution >= 0.6 is 0 Å². The number of ketones is 1. The van der Waals surface area contributed by atoms with Gasteiger partial charge in [-0.2, -0.15) is 13.2 Å². The SMILES string of the molecule is CCC(=O)[C@]1(c2ccc(OC)cc2)OCCC[C@@H]1C(F)(F)F. The van der Waals surface area contributed by atoms with Crippen molar-refractivity contribution in [2.24, 2.45) is 5.92 Å². The summed E-state index contributed by atoms with van der Waals surface area (Å²) >= 11 is 0.